The van der Waals surface area contributed by atoms with Crippen LogP contribution in [0.4, 0.5) is 0 Å². The van der Waals surface area contributed by atoms with Crippen molar-refractivity contribution in [3.8, 4) is 0 Å². The predicted molar refractivity (Wildman–Crippen MR) is 246 cm³/mol. The summed E-state index contributed by atoms with van der Waals surface area (Å²) in [5.74, 6) is -0.472. The Kier molecular flexibility index (Phi) is 44.1. The van der Waals surface area contributed by atoms with Crippen molar-refractivity contribution in [2.75, 3.05) is 6.61 Å². The Morgan fingerprint density at radius 3 is 1.42 bits per heavy atom. The normalized spacial score (nSPS) is 13.4. The number of nitrogens with one attached hydrogen (secondary N) is 1. The van der Waals surface area contributed by atoms with E-state index in [9.17, 15) is 19.8 Å². The highest BCUT2D eigenvalue weighted by atomic mass is 16.5. The van der Waals surface area contributed by atoms with Gasteiger partial charge in [-0.2, -0.15) is 0 Å². The second-order valence-corrected chi connectivity index (χ2v) is 17.2. The molecule has 3 unspecified atom stereocenters. The molecule has 6 nitrogen and oxygen atoms in total. The van der Waals surface area contributed by atoms with Crippen LogP contribution in [-0.2, 0) is 14.3 Å². The van der Waals surface area contributed by atoms with Gasteiger partial charge in [-0.1, -0.05) is 225 Å². The molecule has 0 bridgehead atoms. The number of aliphatic hydroxyl groups is 2. The van der Waals surface area contributed by atoms with E-state index in [1.54, 1.807) is 0 Å². The van der Waals surface area contributed by atoms with Gasteiger partial charge in [-0.25, -0.2) is 0 Å². The zero-order chi connectivity index (χ0) is 41.7. The molecule has 0 saturated heterocycles. The lowest BCUT2D eigenvalue weighted by atomic mass is 10.0. The van der Waals surface area contributed by atoms with Gasteiger partial charge in [0.25, 0.3) is 0 Å². The van der Waals surface area contributed by atoms with Gasteiger partial charge in [0.15, 0.2) is 0 Å². The molecule has 3 atom stereocenters. The molecule has 0 aromatic heterocycles. The second-order valence-electron chi connectivity index (χ2n) is 17.2. The number of allylic oxidation sites excluding steroid dienone is 4. The zero-order valence-electron chi connectivity index (χ0n) is 38.2. The fourth-order valence-corrected chi connectivity index (χ4v) is 7.76. The van der Waals surface area contributed by atoms with Crippen LogP contribution in [0, 0.1) is 0 Å². The summed E-state index contributed by atoms with van der Waals surface area (Å²) in [5, 5.41) is 23.7. The average molecular weight is 804 g/mol. The van der Waals surface area contributed by atoms with Crippen molar-refractivity contribution in [1.29, 1.82) is 0 Å². The quantitative estimate of drug-likeness (QED) is 0.0324. The van der Waals surface area contributed by atoms with Crippen molar-refractivity contribution < 1.29 is 24.5 Å². The molecule has 0 aliphatic carbocycles. The summed E-state index contributed by atoms with van der Waals surface area (Å²) in [6.45, 7) is 6.38. The van der Waals surface area contributed by atoms with E-state index in [1.807, 2.05) is 0 Å². The Balaban J connectivity index is 4.48. The molecule has 0 aromatic rings. The largest absolute Gasteiger partial charge is 0.462 e. The summed E-state index contributed by atoms with van der Waals surface area (Å²) >= 11 is 0. The summed E-state index contributed by atoms with van der Waals surface area (Å²) in [4.78, 5) is 26.0. The molecule has 0 aliphatic rings. The number of rotatable bonds is 45. The Morgan fingerprint density at radius 2 is 0.947 bits per heavy atom. The molecular formula is C51H97NO5. The Bertz CT molecular complexity index is 904. The summed E-state index contributed by atoms with van der Waals surface area (Å²) < 4.78 is 5.91. The first-order chi connectivity index (χ1) is 28.0. The molecule has 1 amide bonds. The molecular weight excluding hydrogens is 707 g/mol. The number of aliphatic hydroxyl groups excluding tert-OH is 2. The number of unbranched alkanes of at least 4 members (excludes halogenated alkanes) is 29. The second kappa shape index (κ2) is 45.4. The standard InChI is InChI=1S/C51H97NO5/c1-4-7-10-13-16-19-22-24-26-28-31-34-37-40-43-49(54)48(46-53)52-50(55)45-47(42-39-36-33-30-21-18-15-12-9-6-3)57-51(56)44-41-38-35-32-29-27-25-23-20-17-14-11-8-5-2/h8,11,17,20,47-49,53-54H,4-7,9-10,12-16,18-19,21-46H2,1-3H3,(H,52,55)/b11-8+,20-17+. The summed E-state index contributed by atoms with van der Waals surface area (Å²) in [5.41, 5.74) is 0. The van der Waals surface area contributed by atoms with Gasteiger partial charge in [0, 0.05) is 6.42 Å². The first-order valence-electron chi connectivity index (χ1n) is 25.1. The van der Waals surface area contributed by atoms with Crippen LogP contribution in [0.25, 0.3) is 0 Å². The van der Waals surface area contributed by atoms with Gasteiger partial charge in [0.05, 0.1) is 25.2 Å². The van der Waals surface area contributed by atoms with Gasteiger partial charge in [0.2, 0.25) is 5.91 Å². The number of carbonyl (C=O) groups excluding carboxylic acids is 2. The maximum Gasteiger partial charge on any atom is 0.306 e. The average Bonchev–Trinajstić information content (AvgIpc) is 3.20. The number of carbonyl (C=O) groups is 2. The third kappa shape index (κ3) is 40.9. The predicted octanol–water partition coefficient (Wildman–Crippen LogP) is 14.7. The first-order valence-corrected chi connectivity index (χ1v) is 25.1. The number of hydrogen-bond donors (Lipinski definition) is 3. The highest BCUT2D eigenvalue weighted by Gasteiger charge is 2.24. The zero-order valence-corrected chi connectivity index (χ0v) is 38.2. The topological polar surface area (TPSA) is 95.9 Å². The van der Waals surface area contributed by atoms with Crippen molar-refractivity contribution in [3.05, 3.63) is 24.3 Å². The molecule has 0 rings (SSSR count). The molecule has 0 aliphatic heterocycles. The van der Waals surface area contributed by atoms with Gasteiger partial charge in [0.1, 0.15) is 6.10 Å². The lowest BCUT2D eigenvalue weighted by Crippen LogP contribution is -2.46. The van der Waals surface area contributed by atoms with Crippen molar-refractivity contribution >= 4 is 11.9 Å². The van der Waals surface area contributed by atoms with Crippen LogP contribution < -0.4 is 5.32 Å². The van der Waals surface area contributed by atoms with Gasteiger partial charge in [-0.15, -0.1) is 0 Å². The number of esters is 1. The lowest BCUT2D eigenvalue weighted by Gasteiger charge is -2.24. The molecule has 0 radical (unpaired) electrons. The van der Waals surface area contributed by atoms with Crippen LogP contribution in [0.1, 0.15) is 265 Å². The highest BCUT2D eigenvalue weighted by Crippen LogP contribution is 2.18. The van der Waals surface area contributed by atoms with E-state index in [0.29, 0.717) is 19.3 Å². The fraction of sp³-hybridized carbons (Fsp3) is 0.882. The van der Waals surface area contributed by atoms with Gasteiger partial charge in [-0.3, -0.25) is 9.59 Å². The minimum absolute atomic E-state index is 0.0792. The number of amides is 1. The number of ether oxygens (including phenoxy) is 1. The first kappa shape index (κ1) is 55.3. The molecule has 57 heavy (non-hydrogen) atoms. The fourth-order valence-electron chi connectivity index (χ4n) is 7.76. The maximum atomic E-state index is 13.2. The van der Waals surface area contributed by atoms with Gasteiger partial charge in [-0.05, 0) is 51.4 Å². The minimum Gasteiger partial charge on any atom is -0.462 e. The molecule has 336 valence electrons. The van der Waals surface area contributed by atoms with E-state index >= 15 is 0 Å². The van der Waals surface area contributed by atoms with Crippen LogP contribution in [0.15, 0.2) is 24.3 Å². The molecule has 0 spiro atoms. The van der Waals surface area contributed by atoms with E-state index in [0.717, 1.165) is 64.2 Å². The SMILES string of the molecule is CC/C=C/C/C=C/CCCCCCCCCC(=O)OC(CCCCCCCCCCCC)CC(=O)NC(CO)C(O)CCCCCCCCCCCCCCCC. The summed E-state index contributed by atoms with van der Waals surface area (Å²) in [6.07, 6.45) is 50.9. The molecule has 6 heteroatoms. The molecule has 3 N–H and O–H groups in total. The molecule has 0 heterocycles. The van der Waals surface area contributed by atoms with Crippen molar-refractivity contribution in [2.45, 2.75) is 283 Å². The van der Waals surface area contributed by atoms with Crippen LogP contribution in [-0.4, -0.2) is 46.9 Å². The van der Waals surface area contributed by atoms with E-state index in [-0.39, 0.29) is 24.9 Å². The Morgan fingerprint density at radius 1 is 0.526 bits per heavy atom. The minimum atomic E-state index is -0.783. The third-order valence-electron chi connectivity index (χ3n) is 11.5. The van der Waals surface area contributed by atoms with Crippen molar-refractivity contribution in [3.63, 3.8) is 0 Å². The van der Waals surface area contributed by atoms with E-state index in [2.05, 4.69) is 50.4 Å². The summed E-state index contributed by atoms with van der Waals surface area (Å²) in [7, 11) is 0. The van der Waals surface area contributed by atoms with E-state index in [4.69, 9.17) is 4.74 Å². The Labute approximate surface area is 354 Å². The van der Waals surface area contributed by atoms with Gasteiger partial charge >= 0.3 is 5.97 Å². The highest BCUT2D eigenvalue weighted by molar-refractivity contribution is 5.77. The smallest absolute Gasteiger partial charge is 0.306 e. The van der Waals surface area contributed by atoms with Crippen LogP contribution >= 0.6 is 0 Å². The van der Waals surface area contributed by atoms with Crippen molar-refractivity contribution in [1.82, 2.24) is 5.32 Å². The van der Waals surface area contributed by atoms with Crippen molar-refractivity contribution in [2.24, 2.45) is 0 Å². The monoisotopic (exact) mass is 804 g/mol. The molecule has 0 fully saturated rings. The summed E-state index contributed by atoms with van der Waals surface area (Å²) in [6, 6.07) is -0.697. The number of hydrogen-bond acceptors (Lipinski definition) is 5. The molecule has 0 saturated carbocycles. The van der Waals surface area contributed by atoms with Crippen LogP contribution in [0.2, 0.25) is 0 Å². The Hall–Kier alpha value is -1.66. The van der Waals surface area contributed by atoms with Crippen LogP contribution in [0.3, 0.4) is 0 Å². The maximum absolute atomic E-state index is 13.2. The lowest BCUT2D eigenvalue weighted by molar-refractivity contribution is -0.151. The van der Waals surface area contributed by atoms with E-state index < -0.39 is 18.2 Å². The van der Waals surface area contributed by atoms with E-state index in [1.165, 1.54) is 154 Å². The third-order valence-corrected chi connectivity index (χ3v) is 11.5. The van der Waals surface area contributed by atoms with Gasteiger partial charge < -0.3 is 20.3 Å². The van der Waals surface area contributed by atoms with Crippen LogP contribution in [0.5, 0.6) is 0 Å². The molecule has 0 aromatic carbocycles.